The molecule has 0 aromatic rings. The summed E-state index contributed by atoms with van der Waals surface area (Å²) in [5, 5.41) is 1.40. The number of thioether (sulfide) groups is 1. The Hall–Kier alpha value is -0.550. The minimum atomic E-state index is 0.0490. The van der Waals surface area contributed by atoms with Gasteiger partial charge in [-0.3, -0.25) is 9.89 Å². The van der Waals surface area contributed by atoms with Crippen LogP contribution >= 0.6 is 24.0 Å². The topological polar surface area (TPSA) is 41.6 Å². The molecular formula is C16H29N3S2. The molecule has 0 saturated carbocycles. The van der Waals surface area contributed by atoms with E-state index in [0.29, 0.717) is 10.5 Å². The Morgan fingerprint density at radius 1 is 1.38 bits per heavy atom. The molecule has 0 aliphatic carbocycles. The Morgan fingerprint density at radius 2 is 2.00 bits per heavy atom. The predicted octanol–water partition coefficient (Wildman–Crippen LogP) is 4.04. The number of aliphatic imine (C=N–C) groups is 1. The number of amidine groups is 1. The van der Waals surface area contributed by atoms with E-state index in [1.165, 1.54) is 5.57 Å². The van der Waals surface area contributed by atoms with Crippen molar-refractivity contribution >= 4 is 34.3 Å². The van der Waals surface area contributed by atoms with E-state index in [9.17, 15) is 0 Å². The molecule has 1 aliphatic heterocycles. The number of hydrogen-bond donors (Lipinski definition) is 1. The Bertz CT molecular complexity index is 445. The van der Waals surface area contributed by atoms with Crippen LogP contribution in [-0.4, -0.2) is 34.0 Å². The van der Waals surface area contributed by atoms with Gasteiger partial charge in [0.05, 0.1) is 6.54 Å². The van der Waals surface area contributed by atoms with Gasteiger partial charge in [0.2, 0.25) is 0 Å². The lowest BCUT2D eigenvalue weighted by molar-refractivity contribution is 0.403. The first-order valence-electron chi connectivity index (χ1n) is 7.43. The van der Waals surface area contributed by atoms with E-state index in [0.717, 1.165) is 30.4 Å². The molecule has 0 spiro atoms. The highest BCUT2D eigenvalue weighted by Gasteiger charge is 2.23. The largest absolute Gasteiger partial charge is 0.376 e. The molecule has 0 aromatic carbocycles. The molecule has 0 aromatic heterocycles. The molecule has 1 heterocycles. The summed E-state index contributed by atoms with van der Waals surface area (Å²) in [6.45, 7) is 15.1. The molecule has 1 aliphatic rings. The van der Waals surface area contributed by atoms with Crippen molar-refractivity contribution in [1.82, 2.24) is 4.90 Å². The van der Waals surface area contributed by atoms with Gasteiger partial charge >= 0.3 is 0 Å². The van der Waals surface area contributed by atoms with E-state index in [1.807, 2.05) is 4.90 Å². The molecule has 3 nitrogen and oxygen atoms in total. The van der Waals surface area contributed by atoms with Crippen molar-refractivity contribution in [1.29, 1.82) is 0 Å². The van der Waals surface area contributed by atoms with Crippen molar-refractivity contribution in [2.24, 2.45) is 21.6 Å². The smallest absolute Gasteiger partial charge is 0.172 e. The van der Waals surface area contributed by atoms with Crippen LogP contribution in [0.3, 0.4) is 0 Å². The second kappa shape index (κ2) is 7.14. The summed E-state index contributed by atoms with van der Waals surface area (Å²) in [6.07, 6.45) is 3.47. The number of nitrogens with two attached hydrogens (primary N) is 1. The molecule has 2 N–H and O–H groups in total. The van der Waals surface area contributed by atoms with E-state index >= 15 is 0 Å². The van der Waals surface area contributed by atoms with Crippen molar-refractivity contribution in [3.8, 4) is 0 Å². The summed E-state index contributed by atoms with van der Waals surface area (Å²) in [7, 11) is 0. The minimum absolute atomic E-state index is 0.0490. The number of nitrogens with zero attached hydrogens (tertiary/aromatic N) is 2. The van der Waals surface area contributed by atoms with Crippen molar-refractivity contribution < 1.29 is 0 Å². The standard InChI is InChI=1S/C16H29N3S2/c1-12(9-15(2,3)4)10-16(5,6)11-18-14-19(13(17)20)7-8-21-14/h10H,7-9,11H2,1-6H3,(H2,17,20)/b12-10+,18-14?. The van der Waals surface area contributed by atoms with Crippen LogP contribution in [0.4, 0.5) is 0 Å². The quantitative estimate of drug-likeness (QED) is 0.625. The predicted molar refractivity (Wildman–Crippen MR) is 99.9 cm³/mol. The molecular weight excluding hydrogens is 298 g/mol. The summed E-state index contributed by atoms with van der Waals surface area (Å²) in [5.74, 6) is 1.01. The van der Waals surface area contributed by atoms with Crippen molar-refractivity contribution in [3.63, 3.8) is 0 Å². The second-order valence-electron chi connectivity index (χ2n) is 7.65. The van der Waals surface area contributed by atoms with E-state index < -0.39 is 0 Å². The first-order chi connectivity index (χ1) is 9.50. The first-order valence-corrected chi connectivity index (χ1v) is 8.82. The average molecular weight is 328 g/mol. The lowest BCUT2D eigenvalue weighted by Gasteiger charge is -2.24. The average Bonchev–Trinajstić information content (AvgIpc) is 2.70. The van der Waals surface area contributed by atoms with Crippen LogP contribution < -0.4 is 5.73 Å². The van der Waals surface area contributed by atoms with Crippen LogP contribution in [0.2, 0.25) is 0 Å². The number of allylic oxidation sites excluding steroid dienone is 1. The lowest BCUT2D eigenvalue weighted by Crippen LogP contribution is -2.36. The van der Waals surface area contributed by atoms with E-state index in [2.05, 4.69) is 47.6 Å². The zero-order valence-corrected chi connectivity index (χ0v) is 15.8. The highest BCUT2D eigenvalue weighted by Crippen LogP contribution is 2.28. The van der Waals surface area contributed by atoms with Gasteiger partial charge in [-0.15, -0.1) is 0 Å². The number of rotatable bonds is 4. The molecule has 0 radical (unpaired) electrons. The van der Waals surface area contributed by atoms with Crippen LogP contribution in [0.25, 0.3) is 0 Å². The summed E-state index contributed by atoms with van der Waals surface area (Å²) >= 11 is 6.80. The van der Waals surface area contributed by atoms with Crippen LogP contribution in [0, 0.1) is 10.8 Å². The summed E-state index contributed by atoms with van der Waals surface area (Å²) in [5.41, 5.74) is 7.53. The molecule has 0 unspecified atom stereocenters. The monoisotopic (exact) mass is 327 g/mol. The number of hydrogen-bond acceptors (Lipinski definition) is 3. The van der Waals surface area contributed by atoms with Crippen molar-refractivity contribution in [2.45, 2.75) is 48.0 Å². The fourth-order valence-corrected chi connectivity index (χ4v) is 3.80. The van der Waals surface area contributed by atoms with Gasteiger partial charge in [-0.1, -0.05) is 58.0 Å². The molecule has 1 saturated heterocycles. The molecule has 1 rings (SSSR count). The van der Waals surface area contributed by atoms with Crippen molar-refractivity contribution in [2.75, 3.05) is 18.8 Å². The Balaban J connectivity index is 2.72. The third-order valence-electron chi connectivity index (χ3n) is 3.11. The van der Waals surface area contributed by atoms with Crippen LogP contribution in [-0.2, 0) is 0 Å². The third kappa shape index (κ3) is 6.83. The van der Waals surface area contributed by atoms with E-state index in [1.54, 1.807) is 11.8 Å². The van der Waals surface area contributed by atoms with Gasteiger partial charge < -0.3 is 5.73 Å². The summed E-state index contributed by atoms with van der Waals surface area (Å²) in [6, 6.07) is 0. The molecule has 1 fully saturated rings. The molecule has 120 valence electrons. The number of thiocarbonyl (C=S) groups is 1. The summed E-state index contributed by atoms with van der Waals surface area (Å²) in [4.78, 5) is 6.67. The lowest BCUT2D eigenvalue weighted by atomic mass is 9.84. The maximum atomic E-state index is 5.73. The Kier molecular flexibility index (Phi) is 6.29. The van der Waals surface area contributed by atoms with Gasteiger partial charge in [0.1, 0.15) is 0 Å². The maximum Gasteiger partial charge on any atom is 0.172 e. The fourth-order valence-electron chi connectivity index (χ4n) is 2.61. The molecule has 0 bridgehead atoms. The van der Waals surface area contributed by atoms with Gasteiger partial charge in [0.15, 0.2) is 10.3 Å². The van der Waals surface area contributed by atoms with Gasteiger partial charge in [0.25, 0.3) is 0 Å². The zero-order valence-electron chi connectivity index (χ0n) is 14.2. The molecule has 21 heavy (non-hydrogen) atoms. The Labute approximate surface area is 139 Å². The SMILES string of the molecule is C/C(=C\C(C)(C)CN=C1SCCN1C(N)=S)CC(C)(C)C. The summed E-state index contributed by atoms with van der Waals surface area (Å²) < 4.78 is 0. The van der Waals surface area contributed by atoms with Gasteiger partial charge in [-0.25, -0.2) is 0 Å². The maximum absolute atomic E-state index is 5.73. The van der Waals surface area contributed by atoms with Gasteiger partial charge in [-0.05, 0) is 31.0 Å². The molecule has 5 heteroatoms. The Morgan fingerprint density at radius 3 is 2.52 bits per heavy atom. The third-order valence-corrected chi connectivity index (χ3v) is 4.33. The van der Waals surface area contributed by atoms with Crippen LogP contribution in [0.1, 0.15) is 48.0 Å². The normalized spacial score (nSPS) is 19.4. The van der Waals surface area contributed by atoms with Crippen LogP contribution in [0.15, 0.2) is 16.6 Å². The van der Waals surface area contributed by atoms with Gasteiger partial charge in [-0.2, -0.15) is 0 Å². The van der Waals surface area contributed by atoms with Gasteiger partial charge in [0, 0.05) is 17.7 Å². The van der Waals surface area contributed by atoms with E-state index in [4.69, 9.17) is 22.9 Å². The van der Waals surface area contributed by atoms with E-state index in [-0.39, 0.29) is 5.41 Å². The highest BCUT2D eigenvalue weighted by atomic mass is 32.2. The second-order valence-corrected chi connectivity index (χ2v) is 9.13. The van der Waals surface area contributed by atoms with Crippen molar-refractivity contribution in [3.05, 3.63) is 11.6 Å². The first kappa shape index (κ1) is 18.5. The minimum Gasteiger partial charge on any atom is -0.376 e. The molecule has 0 amide bonds. The van der Waals surface area contributed by atoms with Crippen LogP contribution in [0.5, 0.6) is 0 Å². The fraction of sp³-hybridized carbons (Fsp3) is 0.750. The molecule has 0 atom stereocenters. The highest BCUT2D eigenvalue weighted by molar-refractivity contribution is 8.14. The zero-order chi connectivity index (χ0) is 16.3.